The molecule has 0 radical (unpaired) electrons. The van der Waals surface area contributed by atoms with Crippen molar-refractivity contribution >= 4 is 17.4 Å². The van der Waals surface area contributed by atoms with Crippen LogP contribution in [0.5, 0.6) is 0 Å². The highest BCUT2D eigenvalue weighted by Gasteiger charge is 2.03. The molecule has 1 amide bonds. The second-order valence-corrected chi connectivity index (χ2v) is 5.77. The Hall–Kier alpha value is -2.46. The van der Waals surface area contributed by atoms with Gasteiger partial charge in [0, 0.05) is 24.2 Å². The maximum Gasteiger partial charge on any atom is 0.225 e. The van der Waals surface area contributed by atoms with Crippen LogP contribution in [0, 0.1) is 0 Å². The molecule has 126 valence electrons. The number of benzene rings is 2. The molecule has 0 bridgehead atoms. The molecule has 0 unspecified atom stereocenters. The number of amides is 1. The highest BCUT2D eigenvalue weighted by Crippen LogP contribution is 2.10. The fraction of sp³-hybridized carbons (Fsp3) is 0.300. The van der Waals surface area contributed by atoms with E-state index in [2.05, 4.69) is 34.9 Å². The van der Waals surface area contributed by atoms with Crippen LogP contribution in [0.4, 0.5) is 5.69 Å². The Morgan fingerprint density at radius 1 is 0.917 bits per heavy atom. The Kier molecular flexibility index (Phi) is 7.18. The zero-order valence-corrected chi connectivity index (χ0v) is 14.0. The Morgan fingerprint density at radius 2 is 1.62 bits per heavy atom. The van der Waals surface area contributed by atoms with E-state index in [1.165, 1.54) is 12.5 Å². The van der Waals surface area contributed by atoms with Crippen molar-refractivity contribution in [1.82, 2.24) is 5.32 Å². The summed E-state index contributed by atoms with van der Waals surface area (Å²) in [5.41, 5.74) is 2.70. The lowest BCUT2D eigenvalue weighted by molar-refractivity contribution is -0.116. The Bertz CT molecular complexity index is 651. The van der Waals surface area contributed by atoms with E-state index in [0.717, 1.165) is 19.4 Å². The monoisotopic (exact) mass is 324 g/mol. The number of rotatable bonds is 9. The number of carbonyl (C=O) groups is 2. The largest absolute Gasteiger partial charge is 0.326 e. The molecule has 0 aliphatic carbocycles. The summed E-state index contributed by atoms with van der Waals surface area (Å²) in [6.45, 7) is 3.08. The number of hydrogen-bond acceptors (Lipinski definition) is 3. The molecule has 0 aliphatic heterocycles. The predicted molar refractivity (Wildman–Crippen MR) is 97.3 cm³/mol. The molecule has 0 aliphatic rings. The van der Waals surface area contributed by atoms with Crippen molar-refractivity contribution in [2.24, 2.45) is 0 Å². The summed E-state index contributed by atoms with van der Waals surface area (Å²) in [5, 5.41) is 6.13. The first kappa shape index (κ1) is 17.9. The van der Waals surface area contributed by atoms with Crippen molar-refractivity contribution < 1.29 is 9.59 Å². The highest BCUT2D eigenvalue weighted by atomic mass is 16.1. The highest BCUT2D eigenvalue weighted by molar-refractivity contribution is 5.95. The second-order valence-electron chi connectivity index (χ2n) is 5.77. The molecule has 0 heterocycles. The molecule has 2 aromatic rings. The van der Waals surface area contributed by atoms with Crippen LogP contribution in [0.25, 0.3) is 0 Å². The first-order chi connectivity index (χ1) is 11.6. The van der Waals surface area contributed by atoms with Crippen LogP contribution in [0.15, 0.2) is 54.6 Å². The summed E-state index contributed by atoms with van der Waals surface area (Å²) < 4.78 is 0. The molecule has 24 heavy (non-hydrogen) atoms. The summed E-state index contributed by atoms with van der Waals surface area (Å²) in [4.78, 5) is 23.1. The van der Waals surface area contributed by atoms with E-state index in [0.29, 0.717) is 24.2 Å². The average molecular weight is 324 g/mol. The number of ketones is 1. The summed E-state index contributed by atoms with van der Waals surface area (Å²) in [7, 11) is 0. The molecule has 0 saturated heterocycles. The Labute approximate surface area is 143 Å². The van der Waals surface area contributed by atoms with E-state index in [4.69, 9.17) is 0 Å². The second kappa shape index (κ2) is 9.63. The number of carbonyl (C=O) groups excluding carboxylic acids is 2. The third-order valence-corrected chi connectivity index (χ3v) is 3.77. The van der Waals surface area contributed by atoms with E-state index in [-0.39, 0.29) is 11.7 Å². The lowest BCUT2D eigenvalue weighted by Crippen LogP contribution is -2.22. The van der Waals surface area contributed by atoms with Gasteiger partial charge in [0.2, 0.25) is 5.91 Å². The van der Waals surface area contributed by atoms with Gasteiger partial charge in [0.05, 0.1) is 0 Å². The minimum absolute atomic E-state index is 0.0209. The van der Waals surface area contributed by atoms with Crippen molar-refractivity contribution in [1.29, 1.82) is 0 Å². The fourth-order valence-electron chi connectivity index (χ4n) is 2.40. The molecule has 0 atom stereocenters. The first-order valence-electron chi connectivity index (χ1n) is 8.30. The van der Waals surface area contributed by atoms with E-state index >= 15 is 0 Å². The zero-order chi connectivity index (χ0) is 17.2. The van der Waals surface area contributed by atoms with Crippen molar-refractivity contribution in [3.05, 3.63) is 65.7 Å². The standard InChI is InChI=1S/C20H24N2O2/c1-16(23)18-9-11-19(12-10-18)22-20(24)13-15-21-14-5-8-17-6-3-2-4-7-17/h2-4,6-7,9-12,21H,5,8,13-15H2,1H3,(H,22,24). The third kappa shape index (κ3) is 6.34. The summed E-state index contributed by atoms with van der Waals surface area (Å²) in [5.74, 6) is -0.00582. The van der Waals surface area contributed by atoms with Crippen molar-refractivity contribution in [2.75, 3.05) is 18.4 Å². The van der Waals surface area contributed by atoms with Crippen LogP contribution in [0.2, 0.25) is 0 Å². The van der Waals surface area contributed by atoms with E-state index in [9.17, 15) is 9.59 Å². The van der Waals surface area contributed by atoms with Gasteiger partial charge in [-0.15, -0.1) is 0 Å². The number of nitrogens with one attached hydrogen (secondary N) is 2. The lowest BCUT2D eigenvalue weighted by atomic mass is 10.1. The van der Waals surface area contributed by atoms with Crippen LogP contribution >= 0.6 is 0 Å². The Balaban J connectivity index is 1.58. The molecule has 0 saturated carbocycles. The Morgan fingerprint density at radius 3 is 2.29 bits per heavy atom. The van der Waals surface area contributed by atoms with Gasteiger partial charge in [-0.1, -0.05) is 30.3 Å². The summed E-state index contributed by atoms with van der Waals surface area (Å²) >= 11 is 0. The molecule has 0 spiro atoms. The lowest BCUT2D eigenvalue weighted by Gasteiger charge is -2.07. The smallest absolute Gasteiger partial charge is 0.225 e. The minimum Gasteiger partial charge on any atom is -0.326 e. The van der Waals surface area contributed by atoms with Crippen LogP contribution in [-0.4, -0.2) is 24.8 Å². The normalized spacial score (nSPS) is 10.4. The van der Waals surface area contributed by atoms with E-state index in [1.807, 2.05) is 6.07 Å². The average Bonchev–Trinajstić information content (AvgIpc) is 2.59. The molecule has 0 fully saturated rings. The summed E-state index contributed by atoms with van der Waals surface area (Å²) in [6, 6.07) is 17.3. The molecular weight excluding hydrogens is 300 g/mol. The zero-order valence-electron chi connectivity index (χ0n) is 14.0. The van der Waals surface area contributed by atoms with Gasteiger partial charge in [0.15, 0.2) is 5.78 Å². The van der Waals surface area contributed by atoms with Gasteiger partial charge in [0.1, 0.15) is 0 Å². The van der Waals surface area contributed by atoms with Crippen LogP contribution in [0.1, 0.15) is 35.7 Å². The van der Waals surface area contributed by atoms with Gasteiger partial charge in [-0.3, -0.25) is 9.59 Å². The van der Waals surface area contributed by atoms with Gasteiger partial charge in [-0.05, 0) is 56.1 Å². The van der Waals surface area contributed by atoms with Gasteiger partial charge in [-0.2, -0.15) is 0 Å². The molecule has 2 rings (SSSR count). The van der Waals surface area contributed by atoms with E-state index < -0.39 is 0 Å². The minimum atomic E-state index is -0.0267. The molecule has 4 heteroatoms. The molecular formula is C20H24N2O2. The number of hydrogen-bond donors (Lipinski definition) is 2. The number of anilines is 1. The quantitative estimate of drug-likeness (QED) is 0.549. The number of Topliss-reactive ketones (excluding diaryl/α,β-unsaturated/α-hetero) is 1. The van der Waals surface area contributed by atoms with Crippen LogP contribution in [0.3, 0.4) is 0 Å². The fourth-order valence-corrected chi connectivity index (χ4v) is 2.40. The maximum absolute atomic E-state index is 11.9. The van der Waals surface area contributed by atoms with Crippen molar-refractivity contribution in [2.45, 2.75) is 26.2 Å². The topological polar surface area (TPSA) is 58.2 Å². The van der Waals surface area contributed by atoms with Gasteiger partial charge < -0.3 is 10.6 Å². The van der Waals surface area contributed by atoms with Gasteiger partial charge >= 0.3 is 0 Å². The van der Waals surface area contributed by atoms with E-state index in [1.54, 1.807) is 24.3 Å². The molecule has 0 aromatic heterocycles. The van der Waals surface area contributed by atoms with Gasteiger partial charge in [0.25, 0.3) is 0 Å². The van der Waals surface area contributed by atoms with Crippen LogP contribution in [-0.2, 0) is 11.2 Å². The van der Waals surface area contributed by atoms with Crippen molar-refractivity contribution in [3.8, 4) is 0 Å². The first-order valence-corrected chi connectivity index (χ1v) is 8.30. The third-order valence-electron chi connectivity index (χ3n) is 3.77. The number of aryl methyl sites for hydroxylation is 1. The SMILES string of the molecule is CC(=O)c1ccc(NC(=O)CCNCCCc2ccccc2)cc1. The van der Waals surface area contributed by atoms with Crippen LogP contribution < -0.4 is 10.6 Å². The molecule has 2 aromatic carbocycles. The molecule has 4 nitrogen and oxygen atoms in total. The van der Waals surface area contributed by atoms with Gasteiger partial charge in [-0.25, -0.2) is 0 Å². The van der Waals surface area contributed by atoms with Crippen molar-refractivity contribution in [3.63, 3.8) is 0 Å². The molecule has 2 N–H and O–H groups in total. The predicted octanol–water partition coefficient (Wildman–Crippen LogP) is 3.44. The maximum atomic E-state index is 11.9. The summed E-state index contributed by atoms with van der Waals surface area (Å²) in [6.07, 6.45) is 2.53.